The zero-order valence-corrected chi connectivity index (χ0v) is 23.7. The van der Waals surface area contributed by atoms with Crippen molar-refractivity contribution in [3.63, 3.8) is 0 Å². The van der Waals surface area contributed by atoms with E-state index in [-0.39, 0.29) is 17.5 Å². The fourth-order valence-electron chi connectivity index (χ4n) is 5.96. The van der Waals surface area contributed by atoms with Gasteiger partial charge in [0.2, 0.25) is 5.43 Å². The molecule has 2 aromatic heterocycles. The fraction of sp³-hybridized carbons (Fsp3) is 0.265. The molecule has 2 atom stereocenters. The second-order valence-corrected chi connectivity index (χ2v) is 10.7. The van der Waals surface area contributed by atoms with E-state index in [9.17, 15) is 14.4 Å². The molecular formula is C34H32N4O4. The molecule has 2 unspecified atom stereocenters. The van der Waals surface area contributed by atoms with Gasteiger partial charge in [-0.3, -0.25) is 9.59 Å². The largest absolute Gasteiger partial charge is 0.452 e. The summed E-state index contributed by atoms with van der Waals surface area (Å²) in [4.78, 5) is 44.4. The van der Waals surface area contributed by atoms with Crippen LogP contribution in [0.1, 0.15) is 59.4 Å². The number of fused-ring (bicyclic) bond motifs is 2. The molecule has 212 valence electrons. The molecule has 0 N–H and O–H groups in total. The number of aromatic nitrogens is 2. The zero-order valence-electron chi connectivity index (χ0n) is 23.7. The maximum absolute atomic E-state index is 13.7. The van der Waals surface area contributed by atoms with Gasteiger partial charge in [0.25, 0.3) is 5.91 Å². The first-order chi connectivity index (χ1) is 20.4. The number of carbonyl (C=O) groups excluding carboxylic acids is 2. The number of hydrazone groups is 1. The summed E-state index contributed by atoms with van der Waals surface area (Å²) in [6, 6.07) is 23.1. The summed E-state index contributed by atoms with van der Waals surface area (Å²) >= 11 is 0. The number of ether oxygens (including phenoxy) is 1. The molecule has 8 nitrogen and oxygen atoms in total. The van der Waals surface area contributed by atoms with Crippen LogP contribution in [-0.2, 0) is 16.1 Å². The normalized spacial score (nSPS) is 19.0. The van der Waals surface area contributed by atoms with Gasteiger partial charge in [-0.05, 0) is 68.0 Å². The fourth-order valence-corrected chi connectivity index (χ4v) is 5.96. The molecule has 0 bridgehead atoms. The first kappa shape index (κ1) is 27.3. The summed E-state index contributed by atoms with van der Waals surface area (Å²) in [5.41, 5.74) is 4.77. The second kappa shape index (κ2) is 11.6. The molecule has 1 fully saturated rings. The molecule has 42 heavy (non-hydrogen) atoms. The van der Waals surface area contributed by atoms with E-state index < -0.39 is 23.9 Å². The molecule has 8 heteroatoms. The Bertz CT molecular complexity index is 1780. The van der Waals surface area contributed by atoms with Gasteiger partial charge in [-0.25, -0.2) is 14.8 Å². The highest BCUT2D eigenvalue weighted by Crippen LogP contribution is 2.44. The molecule has 3 heterocycles. The number of esters is 1. The van der Waals surface area contributed by atoms with Crippen molar-refractivity contribution in [2.45, 2.75) is 45.7 Å². The van der Waals surface area contributed by atoms with Gasteiger partial charge in [-0.2, -0.15) is 5.10 Å². The van der Waals surface area contributed by atoms with Gasteiger partial charge in [0.1, 0.15) is 11.2 Å². The van der Waals surface area contributed by atoms with E-state index in [1.165, 1.54) is 11.2 Å². The number of benzene rings is 2. The van der Waals surface area contributed by atoms with Crippen molar-refractivity contribution >= 4 is 34.7 Å². The summed E-state index contributed by atoms with van der Waals surface area (Å²) in [5, 5.41) is 6.67. The van der Waals surface area contributed by atoms with Gasteiger partial charge >= 0.3 is 5.97 Å². The quantitative estimate of drug-likeness (QED) is 0.282. The Hall–Kier alpha value is -4.85. The molecule has 1 aliphatic heterocycles. The number of rotatable bonds is 6. The van der Waals surface area contributed by atoms with Crippen LogP contribution in [0.4, 0.5) is 0 Å². The summed E-state index contributed by atoms with van der Waals surface area (Å²) in [5.74, 6) is -1.25. The Kier molecular flexibility index (Phi) is 7.52. The molecule has 0 spiro atoms. The monoisotopic (exact) mass is 560 g/mol. The van der Waals surface area contributed by atoms with Crippen molar-refractivity contribution in [1.29, 1.82) is 0 Å². The molecule has 0 radical (unpaired) electrons. The minimum absolute atomic E-state index is 0.0314. The van der Waals surface area contributed by atoms with Crippen LogP contribution in [0.3, 0.4) is 0 Å². The van der Waals surface area contributed by atoms with Crippen molar-refractivity contribution in [3.05, 3.63) is 117 Å². The van der Waals surface area contributed by atoms with Crippen molar-refractivity contribution in [2.24, 2.45) is 11.0 Å². The average Bonchev–Trinajstić information content (AvgIpc) is 3.42. The Morgan fingerprint density at radius 1 is 1.02 bits per heavy atom. The van der Waals surface area contributed by atoms with Gasteiger partial charge in [0.05, 0.1) is 17.1 Å². The Labute approximate surface area is 244 Å². The van der Waals surface area contributed by atoms with E-state index in [1.54, 1.807) is 16.7 Å². The van der Waals surface area contributed by atoms with Gasteiger partial charge in [-0.15, -0.1) is 0 Å². The summed E-state index contributed by atoms with van der Waals surface area (Å²) < 4.78 is 7.21. The van der Waals surface area contributed by atoms with E-state index >= 15 is 0 Å². The van der Waals surface area contributed by atoms with E-state index in [2.05, 4.69) is 23.2 Å². The predicted molar refractivity (Wildman–Crippen MR) is 162 cm³/mol. The average molecular weight is 561 g/mol. The lowest BCUT2D eigenvalue weighted by atomic mass is 9.77. The predicted octanol–water partition coefficient (Wildman–Crippen LogP) is 5.70. The Morgan fingerprint density at radius 2 is 1.76 bits per heavy atom. The second-order valence-electron chi connectivity index (χ2n) is 10.7. The Balaban J connectivity index is 1.29. The topological polar surface area (TPSA) is 93.9 Å². The lowest BCUT2D eigenvalue weighted by Crippen LogP contribution is -2.35. The molecule has 2 aromatic carbocycles. The molecule has 1 aliphatic carbocycles. The van der Waals surface area contributed by atoms with Crippen molar-refractivity contribution in [3.8, 4) is 0 Å². The number of amides is 1. The SMILES string of the molecule is CCn1cc(C(=O)OCC(=O)N2N=C3/C(=C/c4ccccc4)CCCC3C2c2ccccc2)c(=O)c2ccc(C)nc21. The van der Waals surface area contributed by atoms with Crippen LogP contribution >= 0.6 is 0 Å². The van der Waals surface area contributed by atoms with Gasteiger partial charge in [0.15, 0.2) is 6.61 Å². The highest BCUT2D eigenvalue weighted by Gasteiger charge is 2.43. The maximum atomic E-state index is 13.7. The smallest absolute Gasteiger partial charge is 0.344 e. The zero-order chi connectivity index (χ0) is 29.2. The third-order valence-corrected chi connectivity index (χ3v) is 7.99. The van der Waals surface area contributed by atoms with Crippen LogP contribution in [0.15, 0.2) is 94.5 Å². The third-order valence-electron chi connectivity index (χ3n) is 7.99. The number of allylic oxidation sites excluding steroid dienone is 1. The first-order valence-corrected chi connectivity index (χ1v) is 14.3. The molecule has 1 amide bonds. The lowest BCUT2D eigenvalue weighted by molar-refractivity contribution is -0.137. The van der Waals surface area contributed by atoms with Crippen LogP contribution < -0.4 is 5.43 Å². The minimum atomic E-state index is -0.844. The maximum Gasteiger partial charge on any atom is 0.344 e. The summed E-state index contributed by atoms with van der Waals surface area (Å²) in [7, 11) is 0. The standard InChI is InChI=1S/C34H32N4O4/c1-3-37-20-28(32(40)27-18-17-22(2)35-33(27)37)34(41)42-21-29(39)38-31(24-13-8-5-9-14-24)26-16-10-15-25(30(26)36-38)19-23-11-6-4-7-12-23/h4-9,11-14,17-20,26,31H,3,10,15-16,21H2,1-2H3/b25-19+. The van der Waals surface area contributed by atoms with Crippen molar-refractivity contribution in [1.82, 2.24) is 14.6 Å². The van der Waals surface area contributed by atoms with Crippen LogP contribution in [0.25, 0.3) is 17.1 Å². The number of hydrogen-bond donors (Lipinski definition) is 0. The molecular weight excluding hydrogens is 528 g/mol. The molecule has 4 aromatic rings. The van der Waals surface area contributed by atoms with E-state index in [1.807, 2.05) is 62.4 Å². The van der Waals surface area contributed by atoms with Crippen molar-refractivity contribution in [2.75, 3.05) is 6.61 Å². The number of carbonyl (C=O) groups is 2. The van der Waals surface area contributed by atoms with E-state index in [0.29, 0.717) is 17.6 Å². The third kappa shape index (κ3) is 5.16. The number of pyridine rings is 2. The molecule has 6 rings (SSSR count). The van der Waals surface area contributed by atoms with Crippen LogP contribution in [-0.4, -0.2) is 38.8 Å². The lowest BCUT2D eigenvalue weighted by Gasteiger charge is -2.29. The minimum Gasteiger partial charge on any atom is -0.452 e. The number of nitrogens with zero attached hydrogens (tertiary/aromatic N) is 4. The molecule has 2 aliphatic rings. The Morgan fingerprint density at radius 3 is 2.50 bits per heavy atom. The molecule has 0 saturated heterocycles. The highest BCUT2D eigenvalue weighted by molar-refractivity contribution is 6.08. The van der Waals surface area contributed by atoms with Crippen molar-refractivity contribution < 1.29 is 14.3 Å². The highest BCUT2D eigenvalue weighted by atomic mass is 16.5. The summed E-state index contributed by atoms with van der Waals surface area (Å²) in [6.45, 7) is 3.73. The number of aryl methyl sites for hydroxylation is 2. The summed E-state index contributed by atoms with van der Waals surface area (Å²) in [6.07, 6.45) is 6.37. The van der Waals surface area contributed by atoms with Crippen LogP contribution in [0.2, 0.25) is 0 Å². The van der Waals surface area contributed by atoms with Gasteiger partial charge in [-0.1, -0.05) is 60.7 Å². The molecule has 1 saturated carbocycles. The first-order valence-electron chi connectivity index (χ1n) is 14.3. The number of hydrogen-bond acceptors (Lipinski definition) is 6. The van der Waals surface area contributed by atoms with Gasteiger partial charge < -0.3 is 9.30 Å². The van der Waals surface area contributed by atoms with Gasteiger partial charge in [0, 0.05) is 24.4 Å². The van der Waals surface area contributed by atoms with Crippen LogP contribution in [0.5, 0.6) is 0 Å². The van der Waals surface area contributed by atoms with E-state index in [0.717, 1.165) is 47.4 Å². The van der Waals surface area contributed by atoms with Crippen LogP contribution in [0, 0.1) is 12.8 Å². The van der Waals surface area contributed by atoms with E-state index in [4.69, 9.17) is 9.84 Å².